The monoisotopic (exact) mass is 387 g/mol. The molecular weight excluding hydrogens is 367 g/mol. The SMILES string of the molecule is CCCc1cccc(Nc2nc(OCc3ccccc3)ncc2C(F)(F)F)c1. The molecule has 0 fully saturated rings. The van der Waals surface area contributed by atoms with Gasteiger partial charge in [-0.15, -0.1) is 0 Å². The molecule has 0 spiro atoms. The van der Waals surface area contributed by atoms with Gasteiger partial charge in [-0.1, -0.05) is 55.8 Å². The Morgan fingerprint density at radius 3 is 2.46 bits per heavy atom. The van der Waals surface area contributed by atoms with Gasteiger partial charge in [0.1, 0.15) is 18.0 Å². The van der Waals surface area contributed by atoms with Gasteiger partial charge in [-0.3, -0.25) is 0 Å². The molecule has 0 unspecified atom stereocenters. The number of anilines is 2. The molecule has 3 aromatic rings. The number of rotatable bonds is 7. The summed E-state index contributed by atoms with van der Waals surface area (Å²) in [6.07, 6.45) is -2.05. The minimum Gasteiger partial charge on any atom is -0.459 e. The quantitative estimate of drug-likeness (QED) is 0.559. The summed E-state index contributed by atoms with van der Waals surface area (Å²) in [5, 5.41) is 2.77. The zero-order valence-electron chi connectivity index (χ0n) is 15.3. The molecule has 1 heterocycles. The highest BCUT2D eigenvalue weighted by Crippen LogP contribution is 2.35. The maximum absolute atomic E-state index is 13.4. The van der Waals surface area contributed by atoms with Crippen molar-refractivity contribution in [1.82, 2.24) is 9.97 Å². The summed E-state index contributed by atoms with van der Waals surface area (Å²) in [7, 11) is 0. The molecule has 3 rings (SSSR count). The third kappa shape index (κ3) is 5.22. The van der Waals surface area contributed by atoms with Crippen LogP contribution in [-0.2, 0) is 19.2 Å². The first-order valence-corrected chi connectivity index (χ1v) is 8.92. The number of aromatic nitrogens is 2. The number of aryl methyl sites for hydroxylation is 1. The van der Waals surface area contributed by atoms with Crippen LogP contribution < -0.4 is 10.1 Å². The van der Waals surface area contributed by atoms with Crippen LogP contribution in [0.5, 0.6) is 6.01 Å². The van der Waals surface area contributed by atoms with Gasteiger partial charge in [0.2, 0.25) is 0 Å². The van der Waals surface area contributed by atoms with E-state index in [0.717, 1.165) is 30.2 Å². The molecule has 2 aromatic carbocycles. The van der Waals surface area contributed by atoms with Crippen LogP contribution >= 0.6 is 0 Å². The molecule has 4 nitrogen and oxygen atoms in total. The molecule has 28 heavy (non-hydrogen) atoms. The molecule has 146 valence electrons. The van der Waals surface area contributed by atoms with E-state index in [0.29, 0.717) is 5.69 Å². The first-order chi connectivity index (χ1) is 13.5. The maximum atomic E-state index is 13.4. The van der Waals surface area contributed by atoms with Crippen molar-refractivity contribution in [2.24, 2.45) is 0 Å². The van der Waals surface area contributed by atoms with E-state index in [1.54, 1.807) is 12.1 Å². The molecule has 0 atom stereocenters. The highest BCUT2D eigenvalue weighted by Gasteiger charge is 2.35. The zero-order valence-corrected chi connectivity index (χ0v) is 15.3. The van der Waals surface area contributed by atoms with Crippen molar-refractivity contribution in [2.45, 2.75) is 32.5 Å². The minimum atomic E-state index is -4.58. The Kier molecular flexibility index (Phi) is 6.13. The summed E-state index contributed by atoms with van der Waals surface area (Å²) in [6.45, 7) is 2.21. The number of hydrogen-bond acceptors (Lipinski definition) is 4. The Hall–Kier alpha value is -3.09. The van der Waals surface area contributed by atoms with Crippen LogP contribution in [-0.4, -0.2) is 9.97 Å². The molecule has 0 aliphatic carbocycles. The van der Waals surface area contributed by atoms with E-state index in [-0.39, 0.29) is 18.4 Å². The third-order valence-electron chi connectivity index (χ3n) is 4.01. The standard InChI is InChI=1S/C21H20F3N3O/c1-2-7-15-10-6-11-17(12-15)26-19-18(21(22,23)24)13-25-20(27-19)28-14-16-8-4-3-5-9-16/h3-6,8-13H,2,7,14H2,1H3,(H,25,26,27). The van der Waals surface area contributed by atoms with Crippen molar-refractivity contribution >= 4 is 11.5 Å². The van der Waals surface area contributed by atoms with Crippen LogP contribution in [0, 0.1) is 0 Å². The van der Waals surface area contributed by atoms with Gasteiger partial charge in [0.15, 0.2) is 0 Å². The third-order valence-corrected chi connectivity index (χ3v) is 4.01. The van der Waals surface area contributed by atoms with E-state index in [1.165, 1.54) is 0 Å². The number of nitrogens with zero attached hydrogens (tertiary/aromatic N) is 2. The predicted octanol–water partition coefficient (Wildman–Crippen LogP) is 5.77. The molecule has 0 bridgehead atoms. The highest BCUT2D eigenvalue weighted by molar-refractivity contribution is 5.60. The molecule has 1 N–H and O–H groups in total. The van der Waals surface area contributed by atoms with Crippen LogP contribution in [0.15, 0.2) is 60.8 Å². The van der Waals surface area contributed by atoms with Crippen LogP contribution in [0.4, 0.5) is 24.7 Å². The van der Waals surface area contributed by atoms with Crippen LogP contribution in [0.3, 0.4) is 0 Å². The maximum Gasteiger partial charge on any atom is 0.421 e. The fraction of sp³-hybridized carbons (Fsp3) is 0.238. The summed E-state index contributed by atoms with van der Waals surface area (Å²) in [4.78, 5) is 7.68. The number of nitrogens with one attached hydrogen (secondary N) is 1. The number of alkyl halides is 3. The lowest BCUT2D eigenvalue weighted by Gasteiger charge is -2.15. The fourth-order valence-electron chi connectivity index (χ4n) is 2.69. The molecule has 1 aromatic heterocycles. The zero-order chi connectivity index (χ0) is 20.0. The molecular formula is C21H20F3N3O. The summed E-state index contributed by atoms with van der Waals surface area (Å²) < 4.78 is 45.6. The van der Waals surface area contributed by atoms with Crippen LogP contribution in [0.2, 0.25) is 0 Å². The van der Waals surface area contributed by atoms with Gasteiger partial charge in [0.25, 0.3) is 0 Å². The first kappa shape index (κ1) is 19.7. The van der Waals surface area contributed by atoms with Crippen molar-refractivity contribution in [3.05, 3.63) is 77.5 Å². The van der Waals surface area contributed by atoms with E-state index in [1.807, 2.05) is 49.4 Å². The average molecular weight is 387 g/mol. The molecule has 0 saturated heterocycles. The van der Waals surface area contributed by atoms with Gasteiger partial charge in [-0.25, -0.2) is 4.98 Å². The summed E-state index contributed by atoms with van der Waals surface area (Å²) in [5.41, 5.74) is 1.49. The summed E-state index contributed by atoms with van der Waals surface area (Å²) >= 11 is 0. The van der Waals surface area contributed by atoms with Crippen LogP contribution in [0.1, 0.15) is 30.0 Å². The second kappa shape index (κ2) is 8.73. The van der Waals surface area contributed by atoms with Crippen molar-refractivity contribution in [1.29, 1.82) is 0 Å². The van der Waals surface area contributed by atoms with Crippen molar-refractivity contribution in [2.75, 3.05) is 5.32 Å². The second-order valence-corrected chi connectivity index (χ2v) is 6.26. The Morgan fingerprint density at radius 1 is 1.00 bits per heavy atom. The van der Waals surface area contributed by atoms with Gasteiger partial charge >= 0.3 is 12.2 Å². The molecule has 0 radical (unpaired) electrons. The van der Waals surface area contributed by atoms with Crippen molar-refractivity contribution < 1.29 is 17.9 Å². The molecule has 7 heteroatoms. The Bertz CT molecular complexity index is 914. The van der Waals surface area contributed by atoms with Gasteiger partial charge < -0.3 is 10.1 Å². The van der Waals surface area contributed by atoms with E-state index >= 15 is 0 Å². The lowest BCUT2D eigenvalue weighted by Crippen LogP contribution is -2.12. The Balaban J connectivity index is 1.85. The van der Waals surface area contributed by atoms with Gasteiger partial charge in [-0.2, -0.15) is 18.2 Å². The molecule has 0 aliphatic rings. The van der Waals surface area contributed by atoms with E-state index in [2.05, 4.69) is 15.3 Å². The summed E-state index contributed by atoms with van der Waals surface area (Å²) in [6, 6.07) is 16.4. The number of hydrogen-bond donors (Lipinski definition) is 1. The van der Waals surface area contributed by atoms with Crippen molar-refractivity contribution in [3.8, 4) is 6.01 Å². The first-order valence-electron chi connectivity index (χ1n) is 8.92. The fourth-order valence-corrected chi connectivity index (χ4v) is 2.69. The molecule has 0 saturated carbocycles. The topological polar surface area (TPSA) is 47.0 Å². The largest absolute Gasteiger partial charge is 0.459 e. The Labute approximate surface area is 161 Å². The number of halogens is 3. The van der Waals surface area contributed by atoms with Gasteiger partial charge in [0.05, 0.1) is 0 Å². The van der Waals surface area contributed by atoms with Gasteiger partial charge in [-0.05, 0) is 29.7 Å². The minimum absolute atomic E-state index is 0.121. The number of benzene rings is 2. The predicted molar refractivity (Wildman–Crippen MR) is 102 cm³/mol. The number of ether oxygens (including phenoxy) is 1. The highest BCUT2D eigenvalue weighted by atomic mass is 19.4. The molecule has 0 amide bonds. The smallest absolute Gasteiger partial charge is 0.421 e. The average Bonchev–Trinajstić information content (AvgIpc) is 2.67. The lowest BCUT2D eigenvalue weighted by atomic mass is 10.1. The summed E-state index contributed by atoms with van der Waals surface area (Å²) in [5.74, 6) is -0.334. The molecule has 0 aliphatic heterocycles. The van der Waals surface area contributed by atoms with Crippen molar-refractivity contribution in [3.63, 3.8) is 0 Å². The van der Waals surface area contributed by atoms with E-state index < -0.39 is 11.7 Å². The van der Waals surface area contributed by atoms with E-state index in [9.17, 15) is 13.2 Å². The second-order valence-electron chi connectivity index (χ2n) is 6.26. The van der Waals surface area contributed by atoms with E-state index in [4.69, 9.17) is 4.74 Å². The van der Waals surface area contributed by atoms with Crippen LogP contribution in [0.25, 0.3) is 0 Å². The lowest BCUT2D eigenvalue weighted by molar-refractivity contribution is -0.137. The van der Waals surface area contributed by atoms with Gasteiger partial charge in [0, 0.05) is 11.9 Å². The Morgan fingerprint density at radius 2 is 1.75 bits per heavy atom. The normalized spacial score (nSPS) is 11.3.